The van der Waals surface area contributed by atoms with E-state index >= 15 is 0 Å². The molecule has 7 heteroatoms. The van der Waals surface area contributed by atoms with Crippen molar-refractivity contribution in [2.24, 2.45) is 0 Å². The number of carbonyl (C=O) groups is 4. The second-order valence-electron chi connectivity index (χ2n) is 4.22. The number of rotatable bonds is 8. The van der Waals surface area contributed by atoms with Gasteiger partial charge >= 0.3 is 123 Å². The second-order valence-corrected chi connectivity index (χ2v) is 4.89. The molecule has 0 heterocycles. The van der Waals surface area contributed by atoms with Gasteiger partial charge < -0.3 is 0 Å². The van der Waals surface area contributed by atoms with Crippen LogP contribution < -0.4 is 0 Å². The first-order valence-electron chi connectivity index (χ1n) is 5.91. The molecule has 6 nitrogen and oxygen atoms in total. The summed E-state index contributed by atoms with van der Waals surface area (Å²) >= 11 is 3.69. The van der Waals surface area contributed by atoms with Crippen LogP contribution in [0.3, 0.4) is 0 Å². The molecule has 109 valence electrons. The zero-order valence-corrected chi connectivity index (χ0v) is 11.6. The van der Waals surface area contributed by atoms with Crippen molar-refractivity contribution < 1.29 is 45.4 Å². The quantitative estimate of drug-likeness (QED) is 0.645. The molecule has 1 rings (SSSR count). The number of hydrogen-bond donors (Lipinski definition) is 2. The van der Waals surface area contributed by atoms with E-state index in [1.165, 1.54) is 0 Å². The average molecular weight is 321 g/mol. The number of allylic oxidation sites excluding steroid dienone is 4. The molecule has 0 saturated heterocycles. The molecular weight excluding hydrogens is 308 g/mol. The SMILES string of the molecule is O=C(O)CCC(=O)C1=CC[C]([Fe])=C1C(=O)CCC(=O)O. The average Bonchev–Trinajstić information content (AvgIpc) is 2.75. The summed E-state index contributed by atoms with van der Waals surface area (Å²) in [5, 5.41) is 17.1. The molecule has 1 aliphatic carbocycles. The Morgan fingerprint density at radius 2 is 1.45 bits per heavy atom. The first-order chi connectivity index (χ1) is 9.32. The standard InChI is InChI=1S/C13H13O6.Fe/c14-10(4-6-12(16)17)8-2-1-3-9(8)11(15)5-7-13(18)19;/h2H,1,4-7H2,(H,16,17)(H,18,19);. The van der Waals surface area contributed by atoms with Crippen LogP contribution >= 0.6 is 0 Å². The third kappa shape index (κ3) is 4.43. The van der Waals surface area contributed by atoms with Crippen LogP contribution in [0.1, 0.15) is 32.1 Å². The molecule has 0 aromatic rings. The molecule has 0 aliphatic heterocycles. The van der Waals surface area contributed by atoms with Crippen molar-refractivity contribution in [3.63, 3.8) is 0 Å². The number of Topliss-reactive ketones (excluding diaryl/α,β-unsaturated/α-hetero) is 2. The van der Waals surface area contributed by atoms with E-state index in [0.29, 0.717) is 10.9 Å². The van der Waals surface area contributed by atoms with Gasteiger partial charge in [0.15, 0.2) is 0 Å². The van der Waals surface area contributed by atoms with Gasteiger partial charge in [-0.15, -0.1) is 0 Å². The molecule has 0 amide bonds. The summed E-state index contributed by atoms with van der Waals surface area (Å²) < 4.78 is 0.471. The van der Waals surface area contributed by atoms with Crippen molar-refractivity contribution in [1.82, 2.24) is 0 Å². The Labute approximate surface area is 123 Å². The first kappa shape index (κ1) is 16.3. The fourth-order valence-corrected chi connectivity index (χ4v) is 2.20. The molecule has 0 radical (unpaired) electrons. The summed E-state index contributed by atoms with van der Waals surface area (Å²) in [6, 6.07) is 0. The maximum absolute atomic E-state index is 11.9. The third-order valence-corrected chi connectivity index (χ3v) is 3.23. The van der Waals surface area contributed by atoms with E-state index in [-0.39, 0.29) is 36.8 Å². The van der Waals surface area contributed by atoms with Crippen LogP contribution in [0.5, 0.6) is 0 Å². The number of carbonyl (C=O) groups excluding carboxylic acids is 2. The van der Waals surface area contributed by atoms with Gasteiger partial charge in [0.1, 0.15) is 0 Å². The van der Waals surface area contributed by atoms with E-state index in [9.17, 15) is 19.2 Å². The molecule has 0 fully saturated rings. The van der Waals surface area contributed by atoms with Crippen LogP contribution in [-0.2, 0) is 35.2 Å². The van der Waals surface area contributed by atoms with Crippen LogP contribution in [0.15, 0.2) is 21.7 Å². The number of carboxylic acids is 2. The van der Waals surface area contributed by atoms with Gasteiger partial charge in [-0.05, 0) is 0 Å². The van der Waals surface area contributed by atoms with Crippen molar-refractivity contribution in [3.8, 4) is 0 Å². The second kappa shape index (κ2) is 7.17. The Bertz CT molecular complexity index is 529. The Morgan fingerprint density at radius 3 is 1.95 bits per heavy atom. The van der Waals surface area contributed by atoms with E-state index in [1.807, 2.05) is 0 Å². The Hall–Kier alpha value is -1.72. The predicted octanol–water partition coefficient (Wildman–Crippen LogP) is 0.985. The molecule has 0 saturated carbocycles. The fourth-order valence-electron chi connectivity index (χ4n) is 1.79. The summed E-state index contributed by atoms with van der Waals surface area (Å²) in [6.45, 7) is 0. The molecule has 2 N–H and O–H groups in total. The van der Waals surface area contributed by atoms with E-state index in [2.05, 4.69) is 16.0 Å². The molecule has 1 aliphatic rings. The summed E-state index contributed by atoms with van der Waals surface area (Å²) in [5.41, 5.74) is 0.327. The van der Waals surface area contributed by atoms with Gasteiger partial charge in [0.2, 0.25) is 0 Å². The molecular formula is C13H13FeO6. The minimum atomic E-state index is -1.09. The van der Waals surface area contributed by atoms with E-state index < -0.39 is 23.5 Å². The minimum absolute atomic E-state index is 0.154. The van der Waals surface area contributed by atoms with Crippen molar-refractivity contribution >= 4 is 23.5 Å². The Kier molecular flexibility index (Phi) is 5.85. The molecule has 0 unspecified atom stereocenters. The molecule has 0 atom stereocenters. The van der Waals surface area contributed by atoms with Crippen LogP contribution in [0.4, 0.5) is 0 Å². The van der Waals surface area contributed by atoms with Crippen molar-refractivity contribution in [3.05, 3.63) is 21.7 Å². The molecule has 0 aromatic heterocycles. The maximum atomic E-state index is 11.9. The van der Waals surface area contributed by atoms with Crippen molar-refractivity contribution in [2.75, 3.05) is 0 Å². The van der Waals surface area contributed by atoms with E-state index in [1.54, 1.807) is 6.08 Å². The van der Waals surface area contributed by atoms with E-state index in [4.69, 9.17) is 10.2 Å². The van der Waals surface area contributed by atoms with Gasteiger partial charge in [-0.25, -0.2) is 0 Å². The fraction of sp³-hybridized carbons (Fsp3) is 0.385. The van der Waals surface area contributed by atoms with Gasteiger partial charge in [-0.2, -0.15) is 0 Å². The summed E-state index contributed by atoms with van der Waals surface area (Å²) in [4.78, 5) is 44.7. The third-order valence-electron chi connectivity index (χ3n) is 2.73. The summed E-state index contributed by atoms with van der Waals surface area (Å²) in [5.74, 6) is -3.05. The van der Waals surface area contributed by atoms with Crippen molar-refractivity contribution in [1.29, 1.82) is 0 Å². The predicted molar refractivity (Wildman–Crippen MR) is 63.5 cm³/mol. The summed E-state index contributed by atoms with van der Waals surface area (Å²) in [6.07, 6.45) is 0.881. The van der Waals surface area contributed by atoms with Crippen LogP contribution in [-0.4, -0.2) is 33.7 Å². The van der Waals surface area contributed by atoms with Gasteiger partial charge in [-0.1, -0.05) is 0 Å². The Morgan fingerprint density at radius 1 is 0.950 bits per heavy atom. The van der Waals surface area contributed by atoms with Gasteiger partial charge in [0, 0.05) is 0 Å². The molecule has 0 bridgehead atoms. The number of carboxylic acid groups (broad SMARTS) is 2. The zero-order chi connectivity index (χ0) is 15.3. The topological polar surface area (TPSA) is 109 Å². The number of hydrogen-bond acceptors (Lipinski definition) is 4. The van der Waals surface area contributed by atoms with E-state index in [0.717, 1.165) is 0 Å². The zero-order valence-electron chi connectivity index (χ0n) is 10.5. The van der Waals surface area contributed by atoms with Crippen LogP contribution in [0.25, 0.3) is 0 Å². The first-order valence-corrected chi connectivity index (χ1v) is 6.46. The molecule has 20 heavy (non-hydrogen) atoms. The summed E-state index contributed by atoms with van der Waals surface area (Å²) in [7, 11) is 0. The van der Waals surface area contributed by atoms with Crippen LogP contribution in [0.2, 0.25) is 0 Å². The number of aliphatic carboxylic acids is 2. The van der Waals surface area contributed by atoms with Gasteiger partial charge in [0.25, 0.3) is 0 Å². The molecule has 0 aromatic carbocycles. The number of ketones is 2. The van der Waals surface area contributed by atoms with Crippen LogP contribution in [0, 0.1) is 0 Å². The monoisotopic (exact) mass is 321 g/mol. The normalized spacial score (nSPS) is 14.2. The molecule has 0 spiro atoms. The van der Waals surface area contributed by atoms with Crippen molar-refractivity contribution in [2.45, 2.75) is 32.1 Å². The Balaban J connectivity index is 2.77. The van der Waals surface area contributed by atoms with Gasteiger partial charge in [0.05, 0.1) is 0 Å². The van der Waals surface area contributed by atoms with Gasteiger partial charge in [-0.3, -0.25) is 0 Å².